The van der Waals surface area contributed by atoms with E-state index in [4.69, 9.17) is 36.5 Å². The molecule has 0 aliphatic rings. The molecule has 0 amide bonds. The molecule has 0 radical (unpaired) electrons. The lowest BCUT2D eigenvalue weighted by Crippen LogP contribution is -2.07. The molecule has 0 fully saturated rings. The average molecular weight is 419 g/mol. The van der Waals surface area contributed by atoms with Gasteiger partial charge in [0.1, 0.15) is 11.8 Å². The fraction of sp³-hybridized carbons (Fsp3) is 0.150. The number of nitriles is 1. The van der Waals surface area contributed by atoms with Crippen molar-refractivity contribution in [3.63, 3.8) is 0 Å². The summed E-state index contributed by atoms with van der Waals surface area (Å²) in [5.74, 6) is -0.926. The topological polar surface area (TPSA) is 129 Å². The maximum absolute atomic E-state index is 9.55. The van der Waals surface area contributed by atoms with Crippen molar-refractivity contribution in [2.75, 3.05) is 14.2 Å². The average Bonchev–Trinajstić information content (AvgIpc) is 2.68. The first-order chi connectivity index (χ1) is 13.8. The molecular weight excluding hydrogens is 400 g/mol. The fourth-order valence-corrected chi connectivity index (χ4v) is 2.30. The van der Waals surface area contributed by atoms with Crippen molar-refractivity contribution in [2.24, 2.45) is 0 Å². The van der Waals surface area contributed by atoms with E-state index in [-0.39, 0.29) is 0 Å². The number of carbonyl (C=O) groups is 2. The molecule has 0 aliphatic heterocycles. The van der Waals surface area contributed by atoms with Crippen LogP contribution in [0.3, 0.4) is 0 Å². The van der Waals surface area contributed by atoms with Gasteiger partial charge in [-0.2, -0.15) is 5.26 Å². The van der Waals surface area contributed by atoms with Crippen LogP contribution in [0, 0.1) is 11.3 Å². The summed E-state index contributed by atoms with van der Waals surface area (Å²) in [5.41, 5.74) is 1.39. The molecule has 0 saturated carbocycles. The zero-order valence-corrected chi connectivity index (χ0v) is 16.4. The molecule has 2 aromatic rings. The second-order valence-corrected chi connectivity index (χ2v) is 5.78. The summed E-state index contributed by atoms with van der Waals surface area (Å²) in [6.07, 6.45) is 1.12. The number of aliphatic carboxylic acids is 2. The van der Waals surface area contributed by atoms with Crippen LogP contribution in [0.1, 0.15) is 11.1 Å². The van der Waals surface area contributed by atoms with Crippen LogP contribution in [0.5, 0.6) is 17.2 Å². The summed E-state index contributed by atoms with van der Waals surface area (Å²) in [6, 6.07) is 12.6. The van der Waals surface area contributed by atoms with E-state index in [0.29, 0.717) is 46.5 Å². The molecule has 0 atom stereocenters. The minimum Gasteiger partial charge on any atom is -0.492 e. The Kier molecular flexibility index (Phi) is 9.74. The maximum Gasteiger partial charge on any atom is 0.328 e. The lowest BCUT2D eigenvalue weighted by molar-refractivity contribution is -0.134. The molecule has 2 rings (SSSR count). The lowest BCUT2D eigenvalue weighted by atomic mass is 10.1. The second kappa shape index (κ2) is 12.0. The number of carboxylic acid groups (broad SMARTS) is 2. The van der Waals surface area contributed by atoms with Gasteiger partial charge in [-0.1, -0.05) is 23.7 Å². The number of hydrogen-bond acceptors (Lipinski definition) is 6. The molecule has 3 N–H and O–H groups in total. The summed E-state index contributed by atoms with van der Waals surface area (Å²) in [6.45, 7) is 0.654. The highest BCUT2D eigenvalue weighted by atomic mass is 35.5. The number of benzene rings is 2. The van der Waals surface area contributed by atoms with Crippen molar-refractivity contribution in [2.45, 2.75) is 6.54 Å². The van der Waals surface area contributed by atoms with E-state index in [2.05, 4.69) is 11.4 Å². The number of nitrogens with zero attached hydrogens (tertiary/aromatic N) is 1. The van der Waals surface area contributed by atoms with Crippen molar-refractivity contribution < 1.29 is 29.3 Å². The number of hydrogen-bond donors (Lipinski definition) is 3. The van der Waals surface area contributed by atoms with Gasteiger partial charge in [-0.05, 0) is 25.2 Å². The fourth-order valence-electron chi connectivity index (χ4n) is 2.14. The highest BCUT2D eigenvalue weighted by Gasteiger charge is 2.13. The van der Waals surface area contributed by atoms with Gasteiger partial charge in [-0.15, -0.1) is 0 Å². The molecule has 29 heavy (non-hydrogen) atoms. The van der Waals surface area contributed by atoms with Crippen molar-refractivity contribution in [1.82, 2.24) is 5.32 Å². The largest absolute Gasteiger partial charge is 0.492 e. The third-order valence-corrected chi connectivity index (χ3v) is 3.52. The minimum absolute atomic E-state index is 0.407. The van der Waals surface area contributed by atoms with Crippen LogP contribution in [0.15, 0.2) is 48.6 Å². The number of ether oxygens (including phenoxy) is 2. The van der Waals surface area contributed by atoms with E-state index in [1.54, 1.807) is 31.4 Å². The van der Waals surface area contributed by atoms with Crippen LogP contribution >= 0.6 is 11.6 Å². The Labute approximate surface area is 172 Å². The van der Waals surface area contributed by atoms with Gasteiger partial charge in [-0.25, -0.2) is 9.59 Å². The second-order valence-electron chi connectivity index (χ2n) is 5.34. The predicted molar refractivity (Wildman–Crippen MR) is 106 cm³/mol. The molecule has 0 aromatic heterocycles. The Bertz CT molecular complexity index is 921. The zero-order chi connectivity index (χ0) is 21.8. The number of carboxylic acids is 2. The van der Waals surface area contributed by atoms with Crippen molar-refractivity contribution in [3.05, 3.63) is 64.7 Å². The van der Waals surface area contributed by atoms with E-state index in [0.717, 1.165) is 5.56 Å². The van der Waals surface area contributed by atoms with E-state index in [1.807, 2.05) is 19.2 Å². The van der Waals surface area contributed by atoms with Gasteiger partial charge in [0, 0.05) is 35.3 Å². The van der Waals surface area contributed by atoms with Crippen LogP contribution in [0.4, 0.5) is 0 Å². The standard InChI is InChI=1S/C16H15ClN2O2.C4H4O4/c1-19-10-12-4-3-5-14(16(12)20-2)21-15-8-13(17)7-6-11(15)9-18;5-3(6)1-2-4(7)8/h3-8,19H,10H2,1-2H3;1-2H,(H,5,6)(H,7,8)/b;2-1+. The third-order valence-electron chi connectivity index (χ3n) is 3.28. The normalized spacial score (nSPS) is 9.86. The summed E-state index contributed by atoms with van der Waals surface area (Å²) >= 11 is 5.96. The lowest BCUT2D eigenvalue weighted by Gasteiger charge is -2.14. The first-order valence-corrected chi connectivity index (χ1v) is 8.52. The predicted octanol–water partition coefficient (Wildman–Crippen LogP) is 3.44. The van der Waals surface area contributed by atoms with Crippen LogP contribution < -0.4 is 14.8 Å². The Morgan fingerprint density at radius 1 is 1.17 bits per heavy atom. The molecule has 9 heteroatoms. The van der Waals surface area contributed by atoms with Gasteiger partial charge in [0.2, 0.25) is 0 Å². The first kappa shape index (κ1) is 23.5. The summed E-state index contributed by atoms with van der Waals surface area (Å²) < 4.78 is 11.3. The molecule has 0 aliphatic carbocycles. The van der Waals surface area contributed by atoms with E-state index >= 15 is 0 Å². The van der Waals surface area contributed by atoms with Crippen molar-refractivity contribution in [3.8, 4) is 23.3 Å². The molecule has 0 unspecified atom stereocenters. The monoisotopic (exact) mass is 418 g/mol. The van der Waals surface area contributed by atoms with Gasteiger partial charge in [0.15, 0.2) is 11.5 Å². The Morgan fingerprint density at radius 3 is 2.34 bits per heavy atom. The van der Waals surface area contributed by atoms with E-state index in [1.165, 1.54) is 0 Å². The summed E-state index contributed by atoms with van der Waals surface area (Å²) in [7, 11) is 3.45. The van der Waals surface area contributed by atoms with Gasteiger partial charge < -0.3 is 25.0 Å². The number of rotatable bonds is 7. The van der Waals surface area contributed by atoms with Gasteiger partial charge in [0.25, 0.3) is 0 Å². The van der Waals surface area contributed by atoms with Crippen LogP contribution in [-0.2, 0) is 16.1 Å². The number of nitrogens with one attached hydrogen (secondary N) is 1. The Hall–Kier alpha value is -3.54. The van der Waals surface area contributed by atoms with E-state index in [9.17, 15) is 9.59 Å². The maximum atomic E-state index is 9.55. The summed E-state index contributed by atoms with van der Waals surface area (Å²) in [5, 5.41) is 28.3. The van der Waals surface area contributed by atoms with Gasteiger partial charge >= 0.3 is 11.9 Å². The first-order valence-electron chi connectivity index (χ1n) is 8.14. The van der Waals surface area contributed by atoms with Crippen LogP contribution in [0.25, 0.3) is 0 Å². The van der Waals surface area contributed by atoms with Crippen molar-refractivity contribution in [1.29, 1.82) is 5.26 Å². The highest BCUT2D eigenvalue weighted by Crippen LogP contribution is 2.36. The molecule has 0 saturated heterocycles. The van der Waals surface area contributed by atoms with Crippen LogP contribution in [-0.4, -0.2) is 36.3 Å². The molecule has 2 aromatic carbocycles. The van der Waals surface area contributed by atoms with Gasteiger partial charge in [-0.3, -0.25) is 0 Å². The minimum atomic E-state index is -1.26. The van der Waals surface area contributed by atoms with E-state index < -0.39 is 11.9 Å². The summed E-state index contributed by atoms with van der Waals surface area (Å²) in [4.78, 5) is 19.1. The van der Waals surface area contributed by atoms with Crippen LogP contribution in [0.2, 0.25) is 5.02 Å². The Balaban J connectivity index is 0.000000447. The van der Waals surface area contributed by atoms with Crippen molar-refractivity contribution >= 4 is 23.5 Å². The molecule has 0 heterocycles. The highest BCUT2D eigenvalue weighted by molar-refractivity contribution is 6.30. The molecule has 152 valence electrons. The molecule has 8 nitrogen and oxygen atoms in total. The smallest absolute Gasteiger partial charge is 0.328 e. The molecular formula is C20H19ClN2O6. The number of methoxy groups -OCH3 is 1. The molecule has 0 spiro atoms. The molecule has 0 bridgehead atoms. The zero-order valence-electron chi connectivity index (χ0n) is 15.7. The van der Waals surface area contributed by atoms with Gasteiger partial charge in [0.05, 0.1) is 12.7 Å². The quantitative estimate of drug-likeness (QED) is 0.583. The number of halogens is 1. The number of para-hydroxylation sites is 1. The SMILES string of the molecule is CNCc1cccc(Oc2cc(Cl)ccc2C#N)c1OC.O=C(O)/C=C/C(=O)O. The third kappa shape index (κ3) is 7.92. The Morgan fingerprint density at radius 2 is 1.83 bits per heavy atom.